The van der Waals surface area contributed by atoms with Crippen LogP contribution in [0, 0.1) is 5.82 Å². The maximum absolute atomic E-state index is 13.2. The monoisotopic (exact) mass is 384 g/mol. The number of fused-ring (bicyclic) bond motifs is 1. The molecule has 2 aromatic heterocycles. The second kappa shape index (κ2) is 8.52. The number of carbonyl (C=O) groups is 1. The summed E-state index contributed by atoms with van der Waals surface area (Å²) in [5.41, 5.74) is 2.57. The minimum absolute atomic E-state index is 0.0413. The van der Waals surface area contributed by atoms with Crippen molar-refractivity contribution in [2.75, 3.05) is 19.6 Å². The molecule has 28 heavy (non-hydrogen) atoms. The molecule has 3 N–H and O–H groups in total. The minimum Gasteiger partial charge on any atom is -0.354 e. The van der Waals surface area contributed by atoms with Gasteiger partial charge in [0.25, 0.3) is 0 Å². The molecule has 1 aliphatic heterocycles. The van der Waals surface area contributed by atoms with E-state index in [1.165, 1.54) is 12.1 Å². The van der Waals surface area contributed by atoms with E-state index in [1.807, 2.05) is 6.07 Å². The van der Waals surface area contributed by atoms with Crippen LogP contribution in [0.1, 0.15) is 36.7 Å². The molecule has 0 aliphatic carbocycles. The van der Waals surface area contributed by atoms with Gasteiger partial charge in [0.05, 0.1) is 11.0 Å². The predicted molar refractivity (Wildman–Crippen MR) is 104 cm³/mol. The summed E-state index contributed by atoms with van der Waals surface area (Å²) >= 11 is 0. The standard InChI is InChI=1S/C20H25FN6O/c21-15-5-6-16-17(11-15)26-19(25-16)4-2-9-23-20(28)13-27-18(7-10-24-27)14-3-1-8-22-12-14/h5-7,10-11,14,22H,1-4,8-9,12-13H2,(H,23,28)(H,25,26). The summed E-state index contributed by atoms with van der Waals surface area (Å²) in [6.45, 7) is 2.80. The number of aromatic amines is 1. The van der Waals surface area contributed by atoms with Gasteiger partial charge in [0.15, 0.2) is 0 Å². The van der Waals surface area contributed by atoms with Crippen LogP contribution >= 0.6 is 0 Å². The van der Waals surface area contributed by atoms with E-state index in [4.69, 9.17) is 0 Å². The highest BCUT2D eigenvalue weighted by Crippen LogP contribution is 2.22. The van der Waals surface area contributed by atoms with Crippen LogP contribution in [-0.2, 0) is 17.8 Å². The Bertz CT molecular complexity index is 943. The quantitative estimate of drug-likeness (QED) is 0.545. The van der Waals surface area contributed by atoms with E-state index in [-0.39, 0.29) is 18.3 Å². The van der Waals surface area contributed by atoms with Crippen molar-refractivity contribution in [1.82, 2.24) is 30.4 Å². The zero-order valence-electron chi connectivity index (χ0n) is 15.7. The molecule has 4 rings (SSSR count). The van der Waals surface area contributed by atoms with Crippen molar-refractivity contribution in [3.05, 3.63) is 47.8 Å². The number of aromatic nitrogens is 4. The molecule has 8 heteroatoms. The number of halogens is 1. The molecule has 7 nitrogen and oxygen atoms in total. The van der Waals surface area contributed by atoms with Gasteiger partial charge in [-0.15, -0.1) is 0 Å². The van der Waals surface area contributed by atoms with Gasteiger partial charge in [0, 0.05) is 37.3 Å². The summed E-state index contributed by atoms with van der Waals surface area (Å²) < 4.78 is 15.0. The van der Waals surface area contributed by atoms with E-state index < -0.39 is 0 Å². The first-order chi connectivity index (χ1) is 13.7. The first kappa shape index (κ1) is 18.6. The molecule has 0 radical (unpaired) electrons. The van der Waals surface area contributed by atoms with Crippen LogP contribution < -0.4 is 10.6 Å². The molecule has 0 bridgehead atoms. The Morgan fingerprint density at radius 1 is 1.36 bits per heavy atom. The number of amides is 1. The normalized spacial score (nSPS) is 17.1. The van der Waals surface area contributed by atoms with Gasteiger partial charge >= 0.3 is 0 Å². The second-order valence-corrected chi connectivity index (χ2v) is 7.26. The van der Waals surface area contributed by atoms with E-state index in [2.05, 4.69) is 25.7 Å². The highest BCUT2D eigenvalue weighted by atomic mass is 19.1. The summed E-state index contributed by atoms with van der Waals surface area (Å²) in [4.78, 5) is 19.8. The number of nitrogens with one attached hydrogen (secondary N) is 3. The van der Waals surface area contributed by atoms with Gasteiger partial charge < -0.3 is 15.6 Å². The molecule has 0 saturated carbocycles. The number of H-pyrrole nitrogens is 1. The van der Waals surface area contributed by atoms with Crippen molar-refractivity contribution in [1.29, 1.82) is 0 Å². The lowest BCUT2D eigenvalue weighted by molar-refractivity contribution is -0.121. The summed E-state index contributed by atoms with van der Waals surface area (Å²) in [5.74, 6) is 0.897. The Balaban J connectivity index is 1.24. The first-order valence-corrected chi connectivity index (χ1v) is 9.82. The van der Waals surface area contributed by atoms with E-state index in [1.54, 1.807) is 16.9 Å². The maximum Gasteiger partial charge on any atom is 0.241 e. The van der Waals surface area contributed by atoms with Crippen molar-refractivity contribution in [2.24, 2.45) is 0 Å². The zero-order valence-corrected chi connectivity index (χ0v) is 15.7. The molecule has 1 aliphatic rings. The van der Waals surface area contributed by atoms with Gasteiger partial charge in [-0.3, -0.25) is 9.48 Å². The minimum atomic E-state index is -0.281. The Hall–Kier alpha value is -2.74. The van der Waals surface area contributed by atoms with Crippen molar-refractivity contribution < 1.29 is 9.18 Å². The smallest absolute Gasteiger partial charge is 0.241 e. The molecular formula is C20H25FN6O. The SMILES string of the molecule is O=C(Cn1nccc1C1CCCNC1)NCCCc1nc2ccc(F)cc2[nH]1. The molecule has 3 heterocycles. The van der Waals surface area contributed by atoms with Crippen molar-refractivity contribution in [3.63, 3.8) is 0 Å². The van der Waals surface area contributed by atoms with E-state index in [0.29, 0.717) is 24.4 Å². The zero-order chi connectivity index (χ0) is 19.3. The fraction of sp³-hybridized carbons (Fsp3) is 0.450. The number of benzene rings is 1. The van der Waals surface area contributed by atoms with Crippen LogP contribution in [0.25, 0.3) is 11.0 Å². The van der Waals surface area contributed by atoms with Gasteiger partial charge in [0.2, 0.25) is 5.91 Å². The number of piperidine rings is 1. The van der Waals surface area contributed by atoms with Crippen LogP contribution in [-0.4, -0.2) is 45.3 Å². The third kappa shape index (κ3) is 4.39. The number of nitrogens with zero attached hydrogens (tertiary/aromatic N) is 3. The summed E-state index contributed by atoms with van der Waals surface area (Å²) in [6.07, 6.45) is 5.49. The topological polar surface area (TPSA) is 87.6 Å². The number of imidazole rings is 1. The Labute approximate surface area is 162 Å². The number of hydrogen-bond donors (Lipinski definition) is 3. The van der Waals surface area contributed by atoms with Crippen molar-refractivity contribution >= 4 is 16.9 Å². The molecular weight excluding hydrogens is 359 g/mol. The average Bonchev–Trinajstić information content (AvgIpc) is 3.32. The molecule has 3 aromatic rings. The van der Waals surface area contributed by atoms with Crippen molar-refractivity contribution in [3.8, 4) is 0 Å². The van der Waals surface area contributed by atoms with Crippen LogP contribution in [0.4, 0.5) is 4.39 Å². The summed E-state index contributed by atoms with van der Waals surface area (Å²) in [7, 11) is 0. The van der Waals surface area contributed by atoms with Crippen LogP contribution in [0.15, 0.2) is 30.5 Å². The molecule has 1 saturated heterocycles. The molecule has 0 spiro atoms. The van der Waals surface area contributed by atoms with E-state index in [0.717, 1.165) is 49.4 Å². The van der Waals surface area contributed by atoms with E-state index >= 15 is 0 Å². The lowest BCUT2D eigenvalue weighted by Gasteiger charge is -2.23. The summed E-state index contributed by atoms with van der Waals surface area (Å²) in [5, 5.41) is 10.7. The Morgan fingerprint density at radius 2 is 2.29 bits per heavy atom. The fourth-order valence-corrected chi connectivity index (χ4v) is 3.75. The maximum atomic E-state index is 13.2. The average molecular weight is 384 g/mol. The molecule has 1 amide bonds. The number of rotatable bonds is 7. The van der Waals surface area contributed by atoms with Crippen LogP contribution in [0.5, 0.6) is 0 Å². The lowest BCUT2D eigenvalue weighted by atomic mass is 9.96. The third-order valence-corrected chi connectivity index (χ3v) is 5.16. The van der Waals surface area contributed by atoms with Gasteiger partial charge in [-0.2, -0.15) is 5.10 Å². The van der Waals surface area contributed by atoms with Gasteiger partial charge in [-0.25, -0.2) is 9.37 Å². The number of hydrogen-bond acceptors (Lipinski definition) is 4. The van der Waals surface area contributed by atoms with Gasteiger partial charge in [-0.1, -0.05) is 0 Å². The molecule has 1 atom stereocenters. The highest BCUT2D eigenvalue weighted by Gasteiger charge is 2.19. The van der Waals surface area contributed by atoms with Crippen LogP contribution in [0.3, 0.4) is 0 Å². The lowest BCUT2D eigenvalue weighted by Crippen LogP contribution is -2.32. The second-order valence-electron chi connectivity index (χ2n) is 7.26. The van der Waals surface area contributed by atoms with Gasteiger partial charge in [-0.05, 0) is 50.1 Å². The Kier molecular flexibility index (Phi) is 5.66. The van der Waals surface area contributed by atoms with Crippen molar-refractivity contribution in [2.45, 2.75) is 38.1 Å². The third-order valence-electron chi connectivity index (χ3n) is 5.16. The summed E-state index contributed by atoms with van der Waals surface area (Å²) in [6, 6.07) is 6.52. The number of aryl methyl sites for hydroxylation is 1. The first-order valence-electron chi connectivity index (χ1n) is 9.82. The molecule has 1 aromatic carbocycles. The molecule has 148 valence electrons. The predicted octanol–water partition coefficient (Wildman–Crippen LogP) is 2.11. The fourth-order valence-electron chi connectivity index (χ4n) is 3.75. The highest BCUT2D eigenvalue weighted by molar-refractivity contribution is 5.76. The molecule has 1 unspecified atom stereocenters. The largest absolute Gasteiger partial charge is 0.354 e. The Morgan fingerprint density at radius 3 is 3.14 bits per heavy atom. The van der Waals surface area contributed by atoms with E-state index in [9.17, 15) is 9.18 Å². The number of carbonyl (C=O) groups excluding carboxylic acids is 1. The van der Waals surface area contributed by atoms with Gasteiger partial charge in [0.1, 0.15) is 18.2 Å². The van der Waals surface area contributed by atoms with Crippen LogP contribution in [0.2, 0.25) is 0 Å². The molecule has 1 fully saturated rings.